The number of fused-ring (bicyclic) bond motifs is 1. The molecule has 1 aromatic heterocycles. The zero-order chi connectivity index (χ0) is 18.5. The summed E-state index contributed by atoms with van der Waals surface area (Å²) in [5.41, 5.74) is 1.08. The van der Waals surface area contributed by atoms with Gasteiger partial charge in [0, 0.05) is 34.1 Å². The van der Waals surface area contributed by atoms with Crippen LogP contribution in [0, 0.1) is 0 Å². The first-order chi connectivity index (χ1) is 12.5. The van der Waals surface area contributed by atoms with Gasteiger partial charge in [-0.05, 0) is 42.2 Å². The molecule has 132 valence electrons. The first-order valence-corrected chi connectivity index (χ1v) is 9.02. The van der Waals surface area contributed by atoms with Gasteiger partial charge in [-0.3, -0.25) is 0 Å². The van der Waals surface area contributed by atoms with Gasteiger partial charge in [0.25, 0.3) is 0 Å². The summed E-state index contributed by atoms with van der Waals surface area (Å²) in [6.07, 6.45) is 5.01. The van der Waals surface area contributed by atoms with E-state index in [2.05, 4.69) is 0 Å². The highest BCUT2D eigenvalue weighted by atomic mass is 32.2. The van der Waals surface area contributed by atoms with Crippen molar-refractivity contribution in [1.82, 2.24) is 0 Å². The summed E-state index contributed by atoms with van der Waals surface area (Å²) in [6.45, 7) is -0.0680. The lowest BCUT2D eigenvalue weighted by Crippen LogP contribution is -2.05. The molecule has 0 saturated carbocycles. The molecule has 0 spiro atoms. The average Bonchev–Trinajstić information content (AvgIpc) is 2.64. The monoisotopic (exact) mass is 368 g/mol. The summed E-state index contributed by atoms with van der Waals surface area (Å²) in [6, 6.07) is 13.5. The van der Waals surface area contributed by atoms with Gasteiger partial charge >= 0.3 is 11.6 Å². The molecule has 3 rings (SSSR count). The number of thioether (sulfide) groups is 1. The highest BCUT2D eigenvalue weighted by Gasteiger charge is 2.08. The van der Waals surface area contributed by atoms with Crippen molar-refractivity contribution in [2.24, 2.45) is 0 Å². The Bertz CT molecular complexity index is 1020. The van der Waals surface area contributed by atoms with E-state index in [1.807, 2.05) is 30.5 Å². The Kier molecular flexibility index (Phi) is 5.43. The summed E-state index contributed by atoms with van der Waals surface area (Å²) in [5.74, 6) is -0.524. The maximum absolute atomic E-state index is 11.9. The molecule has 5 nitrogen and oxygen atoms in total. The Labute approximate surface area is 153 Å². The smallest absolute Gasteiger partial charge is 0.336 e. The Balaban J connectivity index is 1.70. The lowest BCUT2D eigenvalue weighted by atomic mass is 10.1. The number of hydrogen-bond acceptors (Lipinski definition) is 6. The van der Waals surface area contributed by atoms with Gasteiger partial charge in [0.15, 0.2) is 0 Å². The Morgan fingerprint density at radius 1 is 1.19 bits per heavy atom. The van der Waals surface area contributed by atoms with Gasteiger partial charge in [-0.15, -0.1) is 11.8 Å². The van der Waals surface area contributed by atoms with Crippen LogP contribution in [-0.4, -0.2) is 17.3 Å². The quantitative estimate of drug-likeness (QED) is 0.318. The van der Waals surface area contributed by atoms with Gasteiger partial charge < -0.3 is 14.3 Å². The van der Waals surface area contributed by atoms with Crippen molar-refractivity contribution < 1.29 is 19.1 Å². The van der Waals surface area contributed by atoms with Crippen molar-refractivity contribution in [2.45, 2.75) is 11.5 Å². The topological polar surface area (TPSA) is 76.7 Å². The highest BCUT2D eigenvalue weighted by molar-refractivity contribution is 7.98. The standard InChI is InChI=1S/C20H16O5S/c1-26-16-6-2-13(3-7-16)4-9-19(22)24-12-14-10-20(23)25-18-11-15(21)5-8-17(14)18/h2-11,21H,12H2,1H3/b9-4+. The highest BCUT2D eigenvalue weighted by Crippen LogP contribution is 2.22. The van der Waals surface area contributed by atoms with Crippen LogP contribution in [0.1, 0.15) is 11.1 Å². The van der Waals surface area contributed by atoms with Crippen molar-refractivity contribution in [1.29, 1.82) is 0 Å². The molecule has 0 amide bonds. The third-order valence-electron chi connectivity index (χ3n) is 3.71. The molecule has 1 N–H and O–H groups in total. The van der Waals surface area contributed by atoms with E-state index in [-0.39, 0.29) is 17.9 Å². The van der Waals surface area contributed by atoms with Crippen LogP contribution in [0.3, 0.4) is 0 Å². The van der Waals surface area contributed by atoms with E-state index in [0.29, 0.717) is 10.9 Å². The Morgan fingerprint density at radius 3 is 2.69 bits per heavy atom. The SMILES string of the molecule is CSc1ccc(/C=C/C(=O)OCc2cc(=O)oc3cc(O)ccc23)cc1. The fraction of sp³-hybridized carbons (Fsp3) is 0.100. The van der Waals surface area contributed by atoms with Crippen LogP contribution in [0.25, 0.3) is 17.0 Å². The van der Waals surface area contributed by atoms with E-state index in [1.54, 1.807) is 23.9 Å². The Hall–Kier alpha value is -2.99. The van der Waals surface area contributed by atoms with Crippen molar-refractivity contribution in [2.75, 3.05) is 6.26 Å². The van der Waals surface area contributed by atoms with Crippen LogP contribution in [0.4, 0.5) is 0 Å². The van der Waals surface area contributed by atoms with Crippen LogP contribution >= 0.6 is 11.8 Å². The fourth-order valence-electron chi connectivity index (χ4n) is 2.41. The van der Waals surface area contributed by atoms with E-state index in [0.717, 1.165) is 10.5 Å². The van der Waals surface area contributed by atoms with Gasteiger partial charge in [-0.1, -0.05) is 12.1 Å². The molecule has 0 aliphatic carbocycles. The second-order valence-electron chi connectivity index (χ2n) is 5.49. The van der Waals surface area contributed by atoms with Crippen molar-refractivity contribution in [3.63, 3.8) is 0 Å². The number of hydrogen-bond donors (Lipinski definition) is 1. The zero-order valence-corrected chi connectivity index (χ0v) is 14.8. The lowest BCUT2D eigenvalue weighted by Gasteiger charge is -2.06. The van der Waals surface area contributed by atoms with Gasteiger partial charge in [-0.25, -0.2) is 9.59 Å². The van der Waals surface area contributed by atoms with Crippen LogP contribution in [0.15, 0.2) is 68.7 Å². The first-order valence-electron chi connectivity index (χ1n) is 7.80. The van der Waals surface area contributed by atoms with E-state index < -0.39 is 11.6 Å². The number of phenols is 1. The fourth-order valence-corrected chi connectivity index (χ4v) is 2.82. The maximum atomic E-state index is 11.9. The van der Waals surface area contributed by atoms with Crippen LogP contribution in [-0.2, 0) is 16.1 Å². The largest absolute Gasteiger partial charge is 0.508 e. The predicted molar refractivity (Wildman–Crippen MR) is 101 cm³/mol. The van der Waals surface area contributed by atoms with Gasteiger partial charge in [0.2, 0.25) is 0 Å². The summed E-state index contributed by atoms with van der Waals surface area (Å²) in [4.78, 5) is 24.7. The molecule has 2 aromatic carbocycles. The van der Waals surface area contributed by atoms with Crippen LogP contribution < -0.4 is 5.63 Å². The lowest BCUT2D eigenvalue weighted by molar-refractivity contribution is -0.138. The number of esters is 1. The van der Waals surface area contributed by atoms with Crippen molar-refractivity contribution in [3.05, 3.63) is 76.2 Å². The summed E-state index contributed by atoms with van der Waals surface area (Å²) < 4.78 is 10.3. The van der Waals surface area contributed by atoms with E-state index in [9.17, 15) is 14.7 Å². The third-order valence-corrected chi connectivity index (χ3v) is 4.45. The number of carbonyl (C=O) groups is 1. The Morgan fingerprint density at radius 2 is 1.96 bits per heavy atom. The molecular formula is C20H16O5S. The molecule has 6 heteroatoms. The third kappa shape index (κ3) is 4.34. The number of aromatic hydroxyl groups is 1. The molecule has 1 heterocycles. The van der Waals surface area contributed by atoms with Crippen molar-refractivity contribution >= 4 is 34.8 Å². The predicted octanol–water partition coefficient (Wildman–Crippen LogP) is 3.98. The summed E-state index contributed by atoms with van der Waals surface area (Å²) in [5, 5.41) is 10.1. The van der Waals surface area contributed by atoms with E-state index in [4.69, 9.17) is 9.15 Å². The first kappa shape index (κ1) is 17.8. The van der Waals surface area contributed by atoms with Crippen LogP contribution in [0.2, 0.25) is 0 Å². The molecule has 3 aromatic rings. The molecule has 0 bridgehead atoms. The normalized spacial score (nSPS) is 11.1. The summed E-state index contributed by atoms with van der Waals surface area (Å²) >= 11 is 1.65. The molecule has 0 radical (unpaired) electrons. The molecule has 0 saturated heterocycles. The summed E-state index contributed by atoms with van der Waals surface area (Å²) in [7, 11) is 0. The number of ether oxygens (including phenoxy) is 1. The second-order valence-corrected chi connectivity index (χ2v) is 6.36. The van der Waals surface area contributed by atoms with Gasteiger partial charge in [0.1, 0.15) is 17.9 Å². The molecule has 0 unspecified atom stereocenters. The molecular weight excluding hydrogens is 352 g/mol. The maximum Gasteiger partial charge on any atom is 0.336 e. The van der Waals surface area contributed by atoms with Crippen LogP contribution in [0.5, 0.6) is 5.75 Å². The van der Waals surface area contributed by atoms with E-state index in [1.165, 1.54) is 24.3 Å². The molecule has 0 atom stereocenters. The molecule has 0 fully saturated rings. The van der Waals surface area contributed by atoms with Gasteiger partial charge in [0.05, 0.1) is 0 Å². The number of phenolic OH excluding ortho intramolecular Hbond substituents is 1. The molecule has 0 aliphatic rings. The number of benzene rings is 2. The van der Waals surface area contributed by atoms with Crippen molar-refractivity contribution in [3.8, 4) is 5.75 Å². The molecule has 26 heavy (non-hydrogen) atoms. The minimum absolute atomic E-state index is 0.00906. The van der Waals surface area contributed by atoms with Gasteiger partial charge in [-0.2, -0.15) is 0 Å². The average molecular weight is 368 g/mol. The number of carbonyl (C=O) groups excluding carboxylic acids is 1. The van der Waals surface area contributed by atoms with E-state index >= 15 is 0 Å². The molecule has 0 aliphatic heterocycles. The number of rotatable bonds is 5. The zero-order valence-electron chi connectivity index (χ0n) is 14.0. The minimum Gasteiger partial charge on any atom is -0.508 e. The second kappa shape index (κ2) is 7.93. The minimum atomic E-state index is -0.571.